The molecule has 2 N–H and O–H groups in total. The summed E-state index contributed by atoms with van der Waals surface area (Å²) in [6.45, 7) is 2.72. The summed E-state index contributed by atoms with van der Waals surface area (Å²) in [6, 6.07) is 23.6. The van der Waals surface area contributed by atoms with Gasteiger partial charge < -0.3 is 15.5 Å². The van der Waals surface area contributed by atoms with Gasteiger partial charge in [-0.3, -0.25) is 4.79 Å². The molecule has 0 saturated carbocycles. The van der Waals surface area contributed by atoms with Gasteiger partial charge in [0.1, 0.15) is 11.6 Å². The third-order valence-electron chi connectivity index (χ3n) is 6.26. The fourth-order valence-corrected chi connectivity index (χ4v) is 4.34. The fraction of sp³-hybridized carbons (Fsp3) is 0.129. The molecule has 5 aromatic rings. The van der Waals surface area contributed by atoms with E-state index in [2.05, 4.69) is 25.5 Å². The Bertz CT molecular complexity index is 1650. The van der Waals surface area contributed by atoms with Crippen LogP contribution in [0.15, 0.2) is 84.9 Å². The molecule has 0 bridgehead atoms. The summed E-state index contributed by atoms with van der Waals surface area (Å²) < 4.78 is 29.3. The maximum Gasteiger partial charge on any atom is 0.255 e. The van der Waals surface area contributed by atoms with Crippen molar-refractivity contribution in [2.24, 2.45) is 0 Å². The third-order valence-corrected chi connectivity index (χ3v) is 6.26. The van der Waals surface area contributed by atoms with Crippen LogP contribution in [0.3, 0.4) is 0 Å². The van der Waals surface area contributed by atoms with E-state index in [1.807, 2.05) is 39.2 Å². The first kappa shape index (κ1) is 25.9. The van der Waals surface area contributed by atoms with Crippen molar-refractivity contribution in [2.45, 2.75) is 13.5 Å². The summed E-state index contributed by atoms with van der Waals surface area (Å²) in [5, 5.41) is 6.62. The summed E-state index contributed by atoms with van der Waals surface area (Å²) in [5.41, 5.74) is 4.41. The highest BCUT2D eigenvalue weighted by molar-refractivity contribution is 6.05. The van der Waals surface area contributed by atoms with Crippen molar-refractivity contribution in [2.75, 3.05) is 24.7 Å². The normalized spacial score (nSPS) is 11.1. The number of aryl methyl sites for hydroxylation is 1. The standard InChI is InChI=1S/C31H27F2N5O/c1-19-11-12-20(18-38(2)3)17-27(19)35-30(39)21-13-15-22(16-14-21)34-31-36-26-10-5-4-7-23(26)29(37-31)28-24(32)8-6-9-25(28)33/h4-17H,18H2,1-3H3,(H,35,39)(H,34,36,37). The van der Waals surface area contributed by atoms with Gasteiger partial charge in [0.05, 0.1) is 16.8 Å². The Balaban J connectivity index is 1.39. The highest BCUT2D eigenvalue weighted by Crippen LogP contribution is 2.32. The number of amides is 1. The number of aromatic nitrogens is 2. The van der Waals surface area contributed by atoms with Gasteiger partial charge in [-0.25, -0.2) is 18.7 Å². The van der Waals surface area contributed by atoms with Crippen LogP contribution >= 0.6 is 0 Å². The maximum atomic E-state index is 14.6. The number of rotatable bonds is 7. The van der Waals surface area contributed by atoms with E-state index in [9.17, 15) is 13.6 Å². The number of fused-ring (bicyclic) bond motifs is 1. The van der Waals surface area contributed by atoms with Crippen molar-refractivity contribution in [1.29, 1.82) is 0 Å². The second-order valence-electron chi connectivity index (χ2n) is 9.55. The van der Waals surface area contributed by atoms with E-state index in [0.29, 0.717) is 22.2 Å². The molecule has 196 valence electrons. The van der Waals surface area contributed by atoms with E-state index in [1.54, 1.807) is 48.5 Å². The number of nitrogens with zero attached hydrogens (tertiary/aromatic N) is 3. The number of benzene rings is 4. The molecule has 6 nitrogen and oxygen atoms in total. The van der Waals surface area contributed by atoms with Crippen molar-refractivity contribution in [1.82, 2.24) is 14.9 Å². The minimum absolute atomic E-state index is 0.154. The molecular formula is C31H27F2N5O. The number of halogens is 2. The Labute approximate surface area is 225 Å². The van der Waals surface area contributed by atoms with Gasteiger partial charge in [0.15, 0.2) is 0 Å². The molecule has 0 unspecified atom stereocenters. The lowest BCUT2D eigenvalue weighted by Crippen LogP contribution is -2.14. The van der Waals surface area contributed by atoms with Crippen molar-refractivity contribution >= 4 is 34.1 Å². The summed E-state index contributed by atoms with van der Waals surface area (Å²) in [7, 11) is 3.99. The van der Waals surface area contributed by atoms with Gasteiger partial charge in [-0.15, -0.1) is 0 Å². The topological polar surface area (TPSA) is 70.2 Å². The summed E-state index contributed by atoms with van der Waals surface area (Å²) in [4.78, 5) is 24.0. The van der Waals surface area contributed by atoms with E-state index in [4.69, 9.17) is 0 Å². The van der Waals surface area contributed by atoms with Gasteiger partial charge >= 0.3 is 0 Å². The van der Waals surface area contributed by atoms with Crippen LogP contribution in [0.1, 0.15) is 21.5 Å². The van der Waals surface area contributed by atoms with Gasteiger partial charge in [0, 0.05) is 28.9 Å². The lowest BCUT2D eigenvalue weighted by molar-refractivity contribution is 0.102. The van der Waals surface area contributed by atoms with E-state index in [0.717, 1.165) is 23.4 Å². The number of hydrogen-bond acceptors (Lipinski definition) is 5. The van der Waals surface area contributed by atoms with E-state index >= 15 is 0 Å². The Morgan fingerprint density at radius 2 is 1.59 bits per heavy atom. The molecule has 0 aliphatic carbocycles. The average Bonchev–Trinajstić information content (AvgIpc) is 2.90. The summed E-state index contributed by atoms with van der Waals surface area (Å²) in [5.74, 6) is -1.46. The van der Waals surface area contributed by atoms with Crippen LogP contribution in [0.5, 0.6) is 0 Å². The third kappa shape index (κ3) is 5.76. The van der Waals surface area contributed by atoms with Crippen LogP contribution in [0.25, 0.3) is 22.2 Å². The highest BCUT2D eigenvalue weighted by atomic mass is 19.1. The lowest BCUT2D eigenvalue weighted by atomic mass is 10.1. The van der Waals surface area contributed by atoms with Crippen LogP contribution in [0.2, 0.25) is 0 Å². The van der Waals surface area contributed by atoms with Crippen molar-refractivity contribution in [3.63, 3.8) is 0 Å². The molecule has 1 amide bonds. The Morgan fingerprint density at radius 1 is 0.872 bits per heavy atom. The molecule has 8 heteroatoms. The SMILES string of the molecule is Cc1ccc(CN(C)C)cc1NC(=O)c1ccc(Nc2nc(-c3c(F)cccc3F)c3ccccc3n2)cc1. The monoisotopic (exact) mass is 523 g/mol. The number of carbonyl (C=O) groups is 1. The van der Waals surface area contributed by atoms with Gasteiger partial charge in [0.25, 0.3) is 5.91 Å². The van der Waals surface area contributed by atoms with Crippen LogP contribution in [-0.2, 0) is 6.54 Å². The van der Waals surface area contributed by atoms with Crippen LogP contribution in [-0.4, -0.2) is 34.9 Å². The quantitative estimate of drug-likeness (QED) is 0.242. The van der Waals surface area contributed by atoms with E-state index in [-0.39, 0.29) is 23.1 Å². The van der Waals surface area contributed by atoms with Crippen molar-refractivity contribution < 1.29 is 13.6 Å². The van der Waals surface area contributed by atoms with Gasteiger partial charge in [-0.1, -0.05) is 36.4 Å². The largest absolute Gasteiger partial charge is 0.324 e. The van der Waals surface area contributed by atoms with E-state index < -0.39 is 11.6 Å². The molecule has 0 fully saturated rings. The molecule has 0 aliphatic rings. The number of hydrogen-bond donors (Lipinski definition) is 2. The van der Waals surface area contributed by atoms with Crippen LogP contribution in [0.4, 0.5) is 26.1 Å². The summed E-state index contributed by atoms with van der Waals surface area (Å²) in [6.07, 6.45) is 0. The molecule has 1 heterocycles. The smallest absolute Gasteiger partial charge is 0.255 e. The lowest BCUT2D eigenvalue weighted by Gasteiger charge is -2.14. The zero-order chi connectivity index (χ0) is 27.5. The predicted octanol–water partition coefficient (Wildman–Crippen LogP) is 6.94. The first-order valence-electron chi connectivity index (χ1n) is 12.4. The maximum absolute atomic E-state index is 14.6. The summed E-state index contributed by atoms with van der Waals surface area (Å²) >= 11 is 0. The number of carbonyl (C=O) groups excluding carboxylic acids is 1. The number of anilines is 3. The number of nitrogens with one attached hydrogen (secondary N) is 2. The minimum atomic E-state index is -0.706. The Kier molecular flexibility index (Phi) is 7.29. The molecule has 5 rings (SSSR count). The molecular weight excluding hydrogens is 496 g/mol. The molecule has 39 heavy (non-hydrogen) atoms. The first-order valence-corrected chi connectivity index (χ1v) is 12.4. The highest BCUT2D eigenvalue weighted by Gasteiger charge is 2.18. The number of para-hydroxylation sites is 1. The molecule has 0 atom stereocenters. The molecule has 4 aromatic carbocycles. The van der Waals surface area contributed by atoms with Crippen molar-refractivity contribution in [3.05, 3.63) is 113 Å². The zero-order valence-corrected chi connectivity index (χ0v) is 21.8. The molecule has 0 saturated heterocycles. The van der Waals surface area contributed by atoms with Crippen molar-refractivity contribution in [3.8, 4) is 11.3 Å². The fourth-order valence-electron chi connectivity index (χ4n) is 4.34. The second kappa shape index (κ2) is 11.0. The van der Waals surface area contributed by atoms with Gasteiger partial charge in [-0.05, 0) is 80.7 Å². The molecule has 0 aliphatic heterocycles. The molecule has 0 radical (unpaired) electrons. The first-order chi connectivity index (χ1) is 18.8. The Morgan fingerprint density at radius 3 is 2.31 bits per heavy atom. The Hall–Kier alpha value is -4.69. The van der Waals surface area contributed by atoms with Gasteiger partial charge in [0.2, 0.25) is 5.95 Å². The molecule has 1 aromatic heterocycles. The van der Waals surface area contributed by atoms with E-state index in [1.165, 1.54) is 18.2 Å². The second-order valence-corrected chi connectivity index (χ2v) is 9.55. The van der Waals surface area contributed by atoms with Gasteiger partial charge in [-0.2, -0.15) is 0 Å². The molecule has 0 spiro atoms. The minimum Gasteiger partial charge on any atom is -0.324 e. The van der Waals surface area contributed by atoms with Crippen LogP contribution < -0.4 is 10.6 Å². The zero-order valence-electron chi connectivity index (χ0n) is 21.8. The predicted molar refractivity (Wildman–Crippen MR) is 151 cm³/mol. The average molecular weight is 524 g/mol. The van der Waals surface area contributed by atoms with Crippen LogP contribution in [0, 0.1) is 18.6 Å².